The molecule has 3 aromatic carbocycles. The molecule has 7 nitrogen and oxygen atoms in total. The van der Waals surface area contributed by atoms with Crippen molar-refractivity contribution in [2.75, 3.05) is 17.1 Å². The highest BCUT2D eigenvalue weighted by Gasteiger charge is 2.16. The van der Waals surface area contributed by atoms with E-state index in [0.717, 1.165) is 4.47 Å². The number of ether oxygens (including phenoxy) is 1. The van der Waals surface area contributed by atoms with Crippen molar-refractivity contribution in [3.63, 3.8) is 0 Å². The van der Waals surface area contributed by atoms with Crippen molar-refractivity contribution in [3.8, 4) is 5.75 Å². The summed E-state index contributed by atoms with van der Waals surface area (Å²) in [6.45, 7) is 0. The second kappa shape index (κ2) is 9.90. The van der Waals surface area contributed by atoms with Gasteiger partial charge in [0.05, 0.1) is 17.6 Å². The fourth-order valence-electron chi connectivity index (χ4n) is 2.63. The average molecular weight is 520 g/mol. The highest BCUT2D eigenvalue weighted by Crippen LogP contribution is 2.23. The minimum Gasteiger partial charge on any atom is -0.496 e. The van der Waals surface area contributed by atoms with Crippen molar-refractivity contribution in [1.29, 1.82) is 0 Å². The van der Waals surface area contributed by atoms with Gasteiger partial charge < -0.3 is 10.1 Å². The number of carbonyl (C=O) groups excluding carboxylic acids is 1. The second-order valence-corrected chi connectivity index (χ2v) is 9.26. The number of methoxy groups -OCH3 is 1. The monoisotopic (exact) mass is 519 g/mol. The molecule has 31 heavy (non-hydrogen) atoms. The van der Waals surface area contributed by atoms with Crippen LogP contribution >= 0.6 is 28.1 Å². The number of carbonyl (C=O) groups is 1. The lowest BCUT2D eigenvalue weighted by Gasteiger charge is -2.13. The molecule has 0 aliphatic carbocycles. The maximum absolute atomic E-state index is 12.5. The van der Waals surface area contributed by atoms with E-state index in [9.17, 15) is 13.2 Å². The number of sulfonamides is 1. The van der Waals surface area contributed by atoms with Crippen LogP contribution in [0.3, 0.4) is 0 Å². The molecule has 0 heterocycles. The number of hydrogen-bond acceptors (Lipinski definition) is 5. The van der Waals surface area contributed by atoms with Gasteiger partial charge in [-0.2, -0.15) is 0 Å². The third-order valence-electron chi connectivity index (χ3n) is 4.08. The lowest BCUT2D eigenvalue weighted by molar-refractivity contribution is 0.0974. The maximum Gasteiger partial charge on any atom is 0.261 e. The van der Waals surface area contributed by atoms with Crippen molar-refractivity contribution in [2.24, 2.45) is 0 Å². The van der Waals surface area contributed by atoms with E-state index in [1.54, 1.807) is 60.7 Å². The molecule has 3 N–H and O–H groups in total. The summed E-state index contributed by atoms with van der Waals surface area (Å²) >= 11 is 8.51. The molecule has 0 aliphatic rings. The first-order valence-electron chi connectivity index (χ1n) is 8.92. The van der Waals surface area contributed by atoms with Crippen molar-refractivity contribution >= 4 is 60.6 Å². The number of thiocarbonyl (C=S) groups is 1. The van der Waals surface area contributed by atoms with Crippen molar-refractivity contribution in [1.82, 2.24) is 5.32 Å². The molecule has 0 aromatic heterocycles. The summed E-state index contributed by atoms with van der Waals surface area (Å²) in [7, 11) is -2.25. The van der Waals surface area contributed by atoms with Gasteiger partial charge in [0, 0.05) is 15.8 Å². The first-order chi connectivity index (χ1) is 14.8. The quantitative estimate of drug-likeness (QED) is 0.418. The topological polar surface area (TPSA) is 96.5 Å². The van der Waals surface area contributed by atoms with E-state index < -0.39 is 15.9 Å². The number of nitrogens with one attached hydrogen (secondary N) is 3. The van der Waals surface area contributed by atoms with Gasteiger partial charge in [0.2, 0.25) is 0 Å². The van der Waals surface area contributed by atoms with Crippen LogP contribution in [0.1, 0.15) is 10.4 Å². The van der Waals surface area contributed by atoms with Crippen LogP contribution < -0.4 is 20.1 Å². The van der Waals surface area contributed by atoms with Crippen molar-refractivity contribution in [3.05, 3.63) is 82.8 Å². The van der Waals surface area contributed by atoms with E-state index in [0.29, 0.717) is 22.7 Å². The molecular formula is C21H18BrN3O4S2. The molecule has 3 aromatic rings. The van der Waals surface area contributed by atoms with Crippen molar-refractivity contribution in [2.45, 2.75) is 4.90 Å². The Balaban J connectivity index is 1.65. The molecule has 1 amide bonds. The number of benzene rings is 3. The molecule has 0 spiro atoms. The Hall–Kier alpha value is -2.95. The Morgan fingerprint density at radius 2 is 1.65 bits per heavy atom. The summed E-state index contributed by atoms with van der Waals surface area (Å²) in [6, 6.07) is 19.6. The Morgan fingerprint density at radius 1 is 0.968 bits per heavy atom. The Morgan fingerprint density at radius 3 is 2.29 bits per heavy atom. The normalized spacial score (nSPS) is 10.8. The Labute approximate surface area is 194 Å². The van der Waals surface area contributed by atoms with Crippen LogP contribution in [0.15, 0.2) is 82.2 Å². The predicted molar refractivity (Wildman–Crippen MR) is 128 cm³/mol. The molecule has 0 aliphatic heterocycles. The summed E-state index contributed by atoms with van der Waals surface area (Å²) < 4.78 is 33.4. The Bertz CT molecular complexity index is 1200. The second-order valence-electron chi connectivity index (χ2n) is 6.25. The van der Waals surface area contributed by atoms with Gasteiger partial charge in [0.1, 0.15) is 5.75 Å². The molecule has 0 bridgehead atoms. The summed E-state index contributed by atoms with van der Waals surface area (Å²) in [6.07, 6.45) is 0. The molecule has 0 saturated carbocycles. The molecule has 10 heteroatoms. The van der Waals surface area contributed by atoms with Gasteiger partial charge in [-0.3, -0.25) is 14.8 Å². The highest BCUT2D eigenvalue weighted by atomic mass is 79.9. The summed E-state index contributed by atoms with van der Waals surface area (Å²) in [5.74, 6) is -0.0362. The minimum atomic E-state index is -3.72. The molecular weight excluding hydrogens is 502 g/mol. The predicted octanol–water partition coefficient (Wildman–Crippen LogP) is 4.39. The fraction of sp³-hybridized carbons (Fsp3) is 0.0476. The fourth-order valence-corrected chi connectivity index (χ4v) is 4.26. The molecule has 0 radical (unpaired) electrons. The van der Waals surface area contributed by atoms with E-state index in [1.165, 1.54) is 19.2 Å². The van der Waals surface area contributed by atoms with E-state index in [1.807, 2.05) is 0 Å². The van der Waals surface area contributed by atoms with Gasteiger partial charge in [-0.25, -0.2) is 8.42 Å². The molecule has 0 fully saturated rings. The SMILES string of the molecule is COc1ccc(Br)cc1C(=O)NC(=S)Nc1ccc(S(=O)(=O)Nc2ccccc2)cc1. The van der Waals surface area contributed by atoms with Crippen molar-refractivity contribution < 1.29 is 17.9 Å². The van der Waals surface area contributed by atoms with Gasteiger partial charge in [-0.1, -0.05) is 34.1 Å². The average Bonchev–Trinajstić information content (AvgIpc) is 2.74. The molecule has 0 unspecified atom stereocenters. The van der Waals surface area contributed by atoms with Crippen LogP contribution in [0, 0.1) is 0 Å². The van der Waals surface area contributed by atoms with Gasteiger partial charge in [0.25, 0.3) is 15.9 Å². The number of halogens is 1. The molecule has 0 saturated heterocycles. The molecule has 3 rings (SSSR count). The lowest BCUT2D eigenvalue weighted by atomic mass is 10.2. The summed E-state index contributed by atoms with van der Waals surface area (Å²) in [5.41, 5.74) is 1.30. The maximum atomic E-state index is 12.5. The number of rotatable bonds is 6. The number of anilines is 2. The third-order valence-corrected chi connectivity index (χ3v) is 6.18. The van der Waals surface area contributed by atoms with Crippen LogP contribution in [0.5, 0.6) is 5.75 Å². The number of hydrogen-bond donors (Lipinski definition) is 3. The minimum absolute atomic E-state index is 0.0602. The van der Waals surface area contributed by atoms with Crippen LogP contribution in [0.4, 0.5) is 11.4 Å². The largest absolute Gasteiger partial charge is 0.496 e. The zero-order chi connectivity index (χ0) is 22.4. The first-order valence-corrected chi connectivity index (χ1v) is 11.6. The van der Waals surface area contributed by atoms with E-state index in [4.69, 9.17) is 17.0 Å². The van der Waals surface area contributed by atoms with E-state index >= 15 is 0 Å². The standard InChI is InChI=1S/C21H18BrN3O4S2/c1-29-19-12-7-14(22)13-18(19)20(26)24-21(30)23-15-8-10-17(11-9-15)31(27,28)25-16-5-3-2-4-6-16/h2-13,25H,1H3,(H2,23,24,26,30). The number of para-hydroxylation sites is 1. The van der Waals surface area contributed by atoms with E-state index in [-0.39, 0.29) is 10.0 Å². The highest BCUT2D eigenvalue weighted by molar-refractivity contribution is 9.10. The third kappa shape index (κ3) is 6.03. The molecule has 0 atom stereocenters. The van der Waals surface area contributed by atoms with Crippen LogP contribution in [-0.4, -0.2) is 26.5 Å². The summed E-state index contributed by atoms with van der Waals surface area (Å²) in [5, 5.41) is 5.49. The smallest absolute Gasteiger partial charge is 0.261 e. The summed E-state index contributed by atoms with van der Waals surface area (Å²) in [4.78, 5) is 12.6. The van der Waals surface area contributed by atoms with Gasteiger partial charge >= 0.3 is 0 Å². The zero-order valence-electron chi connectivity index (χ0n) is 16.3. The lowest BCUT2D eigenvalue weighted by Crippen LogP contribution is -2.34. The van der Waals surface area contributed by atoms with Gasteiger partial charge in [0.15, 0.2) is 5.11 Å². The van der Waals surface area contributed by atoms with Crippen LogP contribution in [0.2, 0.25) is 0 Å². The number of amides is 1. The van der Waals surface area contributed by atoms with Crippen LogP contribution in [0.25, 0.3) is 0 Å². The van der Waals surface area contributed by atoms with Crippen LogP contribution in [-0.2, 0) is 10.0 Å². The van der Waals surface area contributed by atoms with Gasteiger partial charge in [-0.05, 0) is 66.8 Å². The van der Waals surface area contributed by atoms with E-state index in [2.05, 4.69) is 31.3 Å². The van der Waals surface area contributed by atoms with Gasteiger partial charge in [-0.15, -0.1) is 0 Å². The molecule has 160 valence electrons. The Kier molecular flexibility index (Phi) is 7.26. The first kappa shape index (κ1) is 22.7. The zero-order valence-corrected chi connectivity index (χ0v) is 19.5.